The minimum absolute atomic E-state index is 0.302. The van der Waals surface area contributed by atoms with Gasteiger partial charge in [-0.1, -0.05) is 6.42 Å². The van der Waals surface area contributed by atoms with Gasteiger partial charge in [-0.25, -0.2) is 0 Å². The largest absolute Gasteiger partial charge is 0.294 e. The number of imide groups is 2. The molecule has 3 fully saturated rings. The van der Waals surface area contributed by atoms with Gasteiger partial charge in [0.05, 0.1) is 0 Å². The average Bonchev–Trinajstić information content (AvgIpc) is 2.64. The Labute approximate surface area is 84.4 Å². The minimum atomic E-state index is -1.38. The van der Waals surface area contributed by atoms with Crippen molar-refractivity contribution < 1.29 is 19.2 Å². The van der Waals surface area contributed by atoms with Crippen LogP contribution in [0.2, 0.25) is 0 Å². The fourth-order valence-corrected chi connectivity index (χ4v) is 2.99. The summed E-state index contributed by atoms with van der Waals surface area (Å²) >= 11 is 0. The fourth-order valence-electron chi connectivity index (χ4n) is 2.99. The van der Waals surface area contributed by atoms with Gasteiger partial charge < -0.3 is 0 Å². The summed E-state index contributed by atoms with van der Waals surface area (Å²) in [5.41, 5.74) is -2.77. The first-order chi connectivity index (χ1) is 7.05. The normalized spacial score (nSPS) is 29.9. The van der Waals surface area contributed by atoms with Crippen LogP contribution in [0.5, 0.6) is 0 Å². The van der Waals surface area contributed by atoms with Gasteiger partial charge in [0.25, 0.3) is 0 Å². The molecule has 4 amide bonds. The number of rotatable bonds is 0. The number of carbonyl (C=O) groups is 4. The maximum absolute atomic E-state index is 11.5. The standard InChI is InChI=1S/C9H8N2O4/c12-4-8(5(13)10-4)2-1-3-9(8)6(14)11-7(9)15/h1-3H2,(H,10,12,13)(H,11,14,15). The van der Waals surface area contributed by atoms with Crippen LogP contribution in [-0.2, 0) is 19.2 Å². The number of carbonyl (C=O) groups excluding carboxylic acids is 4. The van der Waals surface area contributed by atoms with Crippen molar-refractivity contribution in [3.63, 3.8) is 0 Å². The molecule has 1 saturated carbocycles. The predicted molar refractivity (Wildman–Crippen MR) is 45.0 cm³/mol. The SMILES string of the molecule is O=C1NC(=O)C12CCCC21C(=O)NC1=O. The molecule has 6 heteroatoms. The Morgan fingerprint density at radius 1 is 0.733 bits per heavy atom. The Balaban J connectivity index is 2.17. The van der Waals surface area contributed by atoms with E-state index >= 15 is 0 Å². The smallest absolute Gasteiger partial charge is 0.243 e. The predicted octanol–water partition coefficient (Wildman–Crippen LogP) is -1.54. The van der Waals surface area contributed by atoms with E-state index in [2.05, 4.69) is 10.6 Å². The second-order valence-electron chi connectivity index (χ2n) is 4.23. The van der Waals surface area contributed by atoms with E-state index in [1.807, 2.05) is 0 Å². The van der Waals surface area contributed by atoms with Crippen molar-refractivity contribution in [1.82, 2.24) is 10.6 Å². The highest BCUT2D eigenvalue weighted by Crippen LogP contribution is 2.59. The molecule has 0 aromatic carbocycles. The van der Waals surface area contributed by atoms with E-state index in [1.165, 1.54) is 0 Å². The number of amides is 4. The monoisotopic (exact) mass is 208 g/mol. The molecule has 2 aliphatic heterocycles. The molecule has 2 heterocycles. The molecular formula is C9H8N2O4. The highest BCUT2D eigenvalue weighted by Gasteiger charge is 2.79. The van der Waals surface area contributed by atoms with Gasteiger partial charge in [0.2, 0.25) is 23.6 Å². The van der Waals surface area contributed by atoms with Crippen LogP contribution in [-0.4, -0.2) is 23.6 Å². The van der Waals surface area contributed by atoms with Crippen molar-refractivity contribution in [3.05, 3.63) is 0 Å². The van der Waals surface area contributed by atoms with Crippen molar-refractivity contribution in [1.29, 1.82) is 0 Å². The third kappa shape index (κ3) is 0.581. The molecule has 6 nitrogen and oxygen atoms in total. The first-order valence-electron chi connectivity index (χ1n) is 4.77. The molecular weight excluding hydrogens is 200 g/mol. The third-order valence-electron chi connectivity index (χ3n) is 3.84. The van der Waals surface area contributed by atoms with Gasteiger partial charge >= 0.3 is 0 Å². The van der Waals surface area contributed by atoms with Crippen LogP contribution in [0.3, 0.4) is 0 Å². The summed E-state index contributed by atoms with van der Waals surface area (Å²) in [4.78, 5) is 46.0. The second kappa shape index (κ2) is 2.10. The van der Waals surface area contributed by atoms with Crippen LogP contribution in [0, 0.1) is 10.8 Å². The minimum Gasteiger partial charge on any atom is -0.294 e. The fraction of sp³-hybridized carbons (Fsp3) is 0.556. The van der Waals surface area contributed by atoms with Gasteiger partial charge in [-0.3, -0.25) is 29.8 Å². The average molecular weight is 208 g/mol. The van der Waals surface area contributed by atoms with Crippen molar-refractivity contribution in [3.8, 4) is 0 Å². The third-order valence-corrected chi connectivity index (χ3v) is 3.84. The van der Waals surface area contributed by atoms with Gasteiger partial charge in [0.15, 0.2) is 10.8 Å². The topological polar surface area (TPSA) is 92.3 Å². The summed E-state index contributed by atoms with van der Waals surface area (Å²) in [7, 11) is 0. The zero-order valence-corrected chi connectivity index (χ0v) is 7.75. The summed E-state index contributed by atoms with van der Waals surface area (Å²) < 4.78 is 0. The molecule has 0 atom stereocenters. The van der Waals surface area contributed by atoms with E-state index in [1.54, 1.807) is 0 Å². The molecule has 15 heavy (non-hydrogen) atoms. The molecule has 0 bridgehead atoms. The molecule has 0 radical (unpaired) electrons. The summed E-state index contributed by atoms with van der Waals surface area (Å²) in [6.07, 6.45) is 1.16. The molecule has 0 aromatic heterocycles. The van der Waals surface area contributed by atoms with E-state index in [4.69, 9.17) is 0 Å². The molecule has 2 spiro atoms. The molecule has 2 N–H and O–H groups in total. The van der Waals surface area contributed by atoms with Crippen molar-refractivity contribution in [2.75, 3.05) is 0 Å². The summed E-state index contributed by atoms with van der Waals surface area (Å²) in [6, 6.07) is 0. The summed E-state index contributed by atoms with van der Waals surface area (Å²) in [6.45, 7) is 0. The van der Waals surface area contributed by atoms with Crippen LogP contribution in [0.4, 0.5) is 0 Å². The number of hydrogen-bond donors (Lipinski definition) is 2. The van der Waals surface area contributed by atoms with Gasteiger partial charge in [0, 0.05) is 0 Å². The molecule has 3 aliphatic rings. The molecule has 1 aliphatic carbocycles. The zero-order chi connectivity index (χ0) is 10.8. The number of nitrogens with one attached hydrogen (secondary N) is 2. The summed E-state index contributed by atoms with van der Waals surface area (Å²) in [5, 5.41) is 4.19. The highest BCUT2D eigenvalue weighted by molar-refractivity contribution is 6.34. The summed E-state index contributed by atoms with van der Waals surface area (Å²) in [5.74, 6) is -1.91. The lowest BCUT2D eigenvalue weighted by Crippen LogP contribution is -2.80. The van der Waals surface area contributed by atoms with E-state index in [0.29, 0.717) is 19.3 Å². The lowest BCUT2D eigenvalue weighted by atomic mass is 9.56. The second-order valence-corrected chi connectivity index (χ2v) is 4.23. The molecule has 0 unspecified atom stereocenters. The Morgan fingerprint density at radius 2 is 1.07 bits per heavy atom. The van der Waals surface area contributed by atoms with Gasteiger partial charge in [-0.15, -0.1) is 0 Å². The Hall–Kier alpha value is -1.72. The highest BCUT2D eigenvalue weighted by atomic mass is 16.2. The van der Waals surface area contributed by atoms with E-state index in [-0.39, 0.29) is 0 Å². The van der Waals surface area contributed by atoms with E-state index in [0.717, 1.165) is 0 Å². The van der Waals surface area contributed by atoms with Gasteiger partial charge in [-0.2, -0.15) is 0 Å². The maximum atomic E-state index is 11.5. The maximum Gasteiger partial charge on any atom is 0.243 e. The van der Waals surface area contributed by atoms with E-state index in [9.17, 15) is 19.2 Å². The van der Waals surface area contributed by atoms with Gasteiger partial charge in [0.1, 0.15) is 0 Å². The Bertz CT molecular complexity index is 371. The van der Waals surface area contributed by atoms with Crippen LogP contribution < -0.4 is 10.6 Å². The molecule has 0 aromatic rings. The molecule has 3 rings (SSSR count). The molecule has 78 valence electrons. The molecule has 2 saturated heterocycles. The quantitative estimate of drug-likeness (QED) is 0.372. The van der Waals surface area contributed by atoms with Gasteiger partial charge in [-0.05, 0) is 12.8 Å². The van der Waals surface area contributed by atoms with Crippen molar-refractivity contribution >= 4 is 23.6 Å². The Morgan fingerprint density at radius 3 is 1.33 bits per heavy atom. The number of hydrogen-bond acceptors (Lipinski definition) is 4. The van der Waals surface area contributed by atoms with Crippen LogP contribution in [0.1, 0.15) is 19.3 Å². The first-order valence-corrected chi connectivity index (χ1v) is 4.77. The van der Waals surface area contributed by atoms with Crippen LogP contribution >= 0.6 is 0 Å². The Kier molecular flexibility index (Phi) is 1.20. The van der Waals surface area contributed by atoms with Crippen molar-refractivity contribution in [2.45, 2.75) is 19.3 Å². The lowest BCUT2D eigenvalue weighted by molar-refractivity contribution is -0.183. The van der Waals surface area contributed by atoms with Crippen LogP contribution in [0.25, 0.3) is 0 Å². The first kappa shape index (κ1) is 8.58. The zero-order valence-electron chi connectivity index (χ0n) is 7.75. The van der Waals surface area contributed by atoms with E-state index < -0.39 is 34.5 Å². The number of fused-ring (bicyclic) bond motifs is 1. The lowest BCUT2D eigenvalue weighted by Gasteiger charge is -2.50. The van der Waals surface area contributed by atoms with Crippen LogP contribution in [0.15, 0.2) is 0 Å². The van der Waals surface area contributed by atoms with Crippen molar-refractivity contribution in [2.24, 2.45) is 10.8 Å². The number of β-lactam (4-membered cyclic amide) rings is 4.